The minimum absolute atomic E-state index is 0.00409. The second kappa shape index (κ2) is 11.0. The van der Waals surface area contributed by atoms with E-state index in [1.807, 2.05) is 30.3 Å². The molecule has 2 aromatic rings. The molecule has 3 rings (SSSR count). The van der Waals surface area contributed by atoms with Gasteiger partial charge in [0.25, 0.3) is 0 Å². The molecule has 0 amide bonds. The highest BCUT2D eigenvalue weighted by atomic mass is 16.5. The highest BCUT2D eigenvalue weighted by molar-refractivity contribution is 6.08. The maximum Gasteiger partial charge on any atom is 0.193 e. The van der Waals surface area contributed by atoms with Crippen LogP contribution in [0.4, 0.5) is 0 Å². The van der Waals surface area contributed by atoms with Gasteiger partial charge in [-0.25, -0.2) is 0 Å². The predicted octanol–water partition coefficient (Wildman–Crippen LogP) is 4.36. The molecule has 0 unspecified atom stereocenters. The van der Waals surface area contributed by atoms with Gasteiger partial charge >= 0.3 is 0 Å². The van der Waals surface area contributed by atoms with Gasteiger partial charge in [0.2, 0.25) is 0 Å². The van der Waals surface area contributed by atoms with E-state index >= 15 is 0 Å². The molecule has 0 aromatic heterocycles. The van der Waals surface area contributed by atoms with E-state index in [4.69, 9.17) is 4.74 Å². The Balaban J connectivity index is 1.42. The van der Waals surface area contributed by atoms with Crippen LogP contribution in [0.5, 0.6) is 5.75 Å². The standard InChI is InChI=1S/C24H31NO3/c26-22(17-25-21-11-7-2-1-3-8-12-21)18-28-23-15-13-20(14-16-23)24(27)19-9-5-4-6-10-19/h4-6,9-10,13-16,21-22,25-26H,1-3,7-8,11-12,17-18H2/t22-/m1/s1. The first-order chi connectivity index (χ1) is 13.7. The number of hydrogen-bond donors (Lipinski definition) is 2. The van der Waals surface area contributed by atoms with Gasteiger partial charge in [0, 0.05) is 23.7 Å². The number of carbonyl (C=O) groups is 1. The van der Waals surface area contributed by atoms with Crippen LogP contribution in [-0.2, 0) is 0 Å². The Morgan fingerprint density at radius 1 is 0.929 bits per heavy atom. The molecule has 0 spiro atoms. The van der Waals surface area contributed by atoms with Gasteiger partial charge in [0.15, 0.2) is 5.78 Å². The largest absolute Gasteiger partial charge is 0.491 e. The van der Waals surface area contributed by atoms with Crippen LogP contribution in [0.3, 0.4) is 0 Å². The Bertz CT molecular complexity index is 706. The van der Waals surface area contributed by atoms with Gasteiger partial charge in [-0.2, -0.15) is 0 Å². The highest BCUT2D eigenvalue weighted by Gasteiger charge is 2.13. The maximum atomic E-state index is 12.4. The summed E-state index contributed by atoms with van der Waals surface area (Å²) in [5, 5.41) is 13.7. The molecular weight excluding hydrogens is 350 g/mol. The molecule has 1 saturated carbocycles. The monoisotopic (exact) mass is 381 g/mol. The Morgan fingerprint density at radius 2 is 1.54 bits per heavy atom. The number of ether oxygens (including phenoxy) is 1. The minimum Gasteiger partial charge on any atom is -0.491 e. The Hall–Kier alpha value is -2.17. The molecule has 0 heterocycles. The summed E-state index contributed by atoms with van der Waals surface area (Å²) in [5.41, 5.74) is 1.30. The Labute approximate surface area is 167 Å². The second-order valence-electron chi connectivity index (χ2n) is 7.63. The fraction of sp³-hybridized carbons (Fsp3) is 0.458. The zero-order valence-electron chi connectivity index (χ0n) is 16.5. The van der Waals surface area contributed by atoms with Gasteiger partial charge in [-0.15, -0.1) is 0 Å². The number of aliphatic hydroxyl groups is 1. The molecule has 1 fully saturated rings. The van der Waals surface area contributed by atoms with Crippen LogP contribution < -0.4 is 10.1 Å². The zero-order valence-corrected chi connectivity index (χ0v) is 16.5. The lowest BCUT2D eigenvalue weighted by Gasteiger charge is -2.22. The Morgan fingerprint density at radius 3 is 2.21 bits per heavy atom. The summed E-state index contributed by atoms with van der Waals surface area (Å²) in [4.78, 5) is 12.4. The van der Waals surface area contributed by atoms with Gasteiger partial charge in [0.05, 0.1) is 0 Å². The summed E-state index contributed by atoms with van der Waals surface area (Å²) < 4.78 is 5.69. The summed E-state index contributed by atoms with van der Waals surface area (Å²) in [6.07, 6.45) is 8.42. The number of carbonyl (C=O) groups excluding carboxylic acids is 1. The molecule has 28 heavy (non-hydrogen) atoms. The first kappa shape index (κ1) is 20.6. The van der Waals surface area contributed by atoms with Crippen LogP contribution in [0.2, 0.25) is 0 Å². The van der Waals surface area contributed by atoms with Crippen LogP contribution in [-0.4, -0.2) is 36.2 Å². The molecule has 0 aliphatic heterocycles. The van der Waals surface area contributed by atoms with E-state index in [2.05, 4.69) is 5.32 Å². The quantitative estimate of drug-likeness (QED) is 0.667. The number of hydrogen-bond acceptors (Lipinski definition) is 4. The van der Waals surface area contributed by atoms with Gasteiger partial charge in [-0.05, 0) is 37.1 Å². The van der Waals surface area contributed by atoms with Crippen molar-refractivity contribution in [1.29, 1.82) is 0 Å². The van der Waals surface area contributed by atoms with Crippen LogP contribution in [0.25, 0.3) is 0 Å². The van der Waals surface area contributed by atoms with Crippen molar-refractivity contribution in [2.75, 3.05) is 13.2 Å². The van der Waals surface area contributed by atoms with E-state index in [1.54, 1.807) is 24.3 Å². The average Bonchev–Trinajstić information content (AvgIpc) is 2.72. The van der Waals surface area contributed by atoms with E-state index in [1.165, 1.54) is 44.9 Å². The van der Waals surface area contributed by atoms with Gasteiger partial charge in [-0.3, -0.25) is 4.79 Å². The third-order valence-corrected chi connectivity index (χ3v) is 5.34. The minimum atomic E-state index is -0.545. The molecule has 0 saturated heterocycles. The van der Waals surface area contributed by atoms with Crippen LogP contribution in [0.15, 0.2) is 54.6 Å². The summed E-state index contributed by atoms with van der Waals surface area (Å²) in [7, 11) is 0. The topological polar surface area (TPSA) is 58.6 Å². The summed E-state index contributed by atoms with van der Waals surface area (Å²) in [5.74, 6) is 0.658. The first-order valence-corrected chi connectivity index (χ1v) is 10.5. The molecule has 2 N–H and O–H groups in total. The van der Waals surface area contributed by atoms with Crippen molar-refractivity contribution in [1.82, 2.24) is 5.32 Å². The van der Waals surface area contributed by atoms with Crippen molar-refractivity contribution in [2.24, 2.45) is 0 Å². The fourth-order valence-corrected chi connectivity index (χ4v) is 3.67. The number of nitrogens with one attached hydrogen (secondary N) is 1. The molecular formula is C24H31NO3. The summed E-state index contributed by atoms with van der Waals surface area (Å²) in [6.45, 7) is 0.793. The van der Waals surface area contributed by atoms with E-state index in [0.29, 0.717) is 29.5 Å². The molecule has 0 bridgehead atoms. The van der Waals surface area contributed by atoms with E-state index in [9.17, 15) is 9.90 Å². The molecule has 1 aliphatic rings. The molecule has 1 atom stereocenters. The van der Waals surface area contributed by atoms with Crippen molar-refractivity contribution in [2.45, 2.75) is 57.1 Å². The molecule has 4 nitrogen and oxygen atoms in total. The zero-order chi connectivity index (χ0) is 19.6. The molecule has 1 aliphatic carbocycles. The number of aliphatic hydroxyl groups excluding tert-OH is 1. The lowest BCUT2D eigenvalue weighted by atomic mass is 9.96. The SMILES string of the molecule is O=C(c1ccccc1)c1ccc(OC[C@H](O)CNC2CCCCCCC2)cc1. The van der Waals surface area contributed by atoms with Gasteiger partial charge in [0.1, 0.15) is 18.5 Å². The normalized spacial score (nSPS) is 16.8. The first-order valence-electron chi connectivity index (χ1n) is 10.5. The fourth-order valence-electron chi connectivity index (χ4n) is 3.67. The summed E-state index contributed by atoms with van der Waals surface area (Å²) >= 11 is 0. The van der Waals surface area contributed by atoms with Crippen molar-refractivity contribution in [3.63, 3.8) is 0 Å². The van der Waals surface area contributed by atoms with Crippen molar-refractivity contribution in [3.8, 4) is 5.75 Å². The third-order valence-electron chi connectivity index (χ3n) is 5.34. The van der Waals surface area contributed by atoms with Gasteiger partial charge in [-0.1, -0.05) is 62.4 Å². The van der Waals surface area contributed by atoms with E-state index in [0.717, 1.165) is 0 Å². The van der Waals surface area contributed by atoms with E-state index in [-0.39, 0.29) is 12.4 Å². The average molecular weight is 382 g/mol. The number of rotatable bonds is 8. The van der Waals surface area contributed by atoms with Gasteiger partial charge < -0.3 is 15.2 Å². The van der Waals surface area contributed by atoms with Crippen LogP contribution >= 0.6 is 0 Å². The van der Waals surface area contributed by atoms with Crippen molar-refractivity contribution in [3.05, 3.63) is 65.7 Å². The third kappa shape index (κ3) is 6.47. The van der Waals surface area contributed by atoms with Crippen molar-refractivity contribution >= 4 is 5.78 Å². The smallest absolute Gasteiger partial charge is 0.193 e. The Kier molecular flexibility index (Phi) is 8.07. The molecule has 2 aromatic carbocycles. The molecule has 150 valence electrons. The number of ketones is 1. The van der Waals surface area contributed by atoms with Crippen LogP contribution in [0, 0.1) is 0 Å². The number of benzene rings is 2. The predicted molar refractivity (Wildman–Crippen MR) is 112 cm³/mol. The second-order valence-corrected chi connectivity index (χ2v) is 7.63. The molecule has 0 radical (unpaired) electrons. The lowest BCUT2D eigenvalue weighted by molar-refractivity contribution is 0.102. The lowest BCUT2D eigenvalue weighted by Crippen LogP contribution is -2.38. The van der Waals surface area contributed by atoms with E-state index < -0.39 is 6.10 Å². The summed E-state index contributed by atoms with van der Waals surface area (Å²) in [6, 6.07) is 16.8. The maximum absolute atomic E-state index is 12.4. The highest BCUT2D eigenvalue weighted by Crippen LogP contribution is 2.18. The molecule has 4 heteroatoms. The van der Waals surface area contributed by atoms with Crippen LogP contribution in [0.1, 0.15) is 60.9 Å². The van der Waals surface area contributed by atoms with Crippen molar-refractivity contribution < 1.29 is 14.6 Å².